The number of amides is 1. The fraction of sp³-hybridized carbons (Fsp3) is 0.889. The molecule has 0 fully saturated rings. The van der Waals surface area contributed by atoms with Gasteiger partial charge in [0.1, 0.15) is 13.2 Å². The Hall–Kier alpha value is -1.02. The number of hydrogen-bond acceptors (Lipinski definition) is 5. The number of hydrogen-bond donors (Lipinski definition) is 3. The average molecular weight is 786 g/mol. The van der Waals surface area contributed by atoms with Crippen molar-refractivity contribution < 1.29 is 32.9 Å². The Kier molecular flexibility index (Phi) is 36.8. The topological polar surface area (TPSA) is 105 Å². The summed E-state index contributed by atoms with van der Waals surface area (Å²) in [6, 6.07) is -0.857. The Labute approximate surface area is 334 Å². The molecule has 8 nitrogen and oxygen atoms in total. The summed E-state index contributed by atoms with van der Waals surface area (Å²) in [5.41, 5.74) is 0. The van der Waals surface area contributed by atoms with Crippen LogP contribution in [0.3, 0.4) is 0 Å². The third-order valence-corrected chi connectivity index (χ3v) is 11.2. The number of rotatable bonds is 41. The molecule has 0 bridgehead atoms. The van der Waals surface area contributed by atoms with Crippen molar-refractivity contribution in [3.63, 3.8) is 0 Å². The van der Waals surface area contributed by atoms with Crippen molar-refractivity contribution in [3.8, 4) is 0 Å². The number of likely N-dealkylation sites (N-methyl/N-ethyl adjacent to an activating group) is 1. The number of unbranched alkanes of at least 4 members (excludes halogenated alkanes) is 26. The number of nitrogens with one attached hydrogen (secondary N) is 1. The maximum atomic E-state index is 12.8. The van der Waals surface area contributed by atoms with E-state index in [-0.39, 0.29) is 19.1 Å². The van der Waals surface area contributed by atoms with Crippen molar-refractivity contribution in [2.45, 2.75) is 219 Å². The van der Waals surface area contributed by atoms with Gasteiger partial charge in [0.25, 0.3) is 0 Å². The number of nitrogens with zero attached hydrogens (tertiary/aromatic N) is 1. The van der Waals surface area contributed by atoms with E-state index in [4.69, 9.17) is 9.05 Å². The molecule has 0 saturated heterocycles. The first-order valence-electron chi connectivity index (χ1n) is 22.7. The molecule has 1 unspecified atom stereocenters. The molecular weight excluding hydrogens is 695 g/mol. The molecule has 0 heterocycles. The van der Waals surface area contributed by atoms with Crippen LogP contribution in [0.2, 0.25) is 0 Å². The second kappa shape index (κ2) is 37.6. The van der Waals surface area contributed by atoms with Crippen LogP contribution in [0.15, 0.2) is 24.3 Å². The van der Waals surface area contributed by atoms with Crippen molar-refractivity contribution in [3.05, 3.63) is 24.3 Å². The molecule has 0 spiro atoms. The van der Waals surface area contributed by atoms with E-state index in [2.05, 4.69) is 31.3 Å². The molecule has 0 saturated carbocycles. The van der Waals surface area contributed by atoms with Gasteiger partial charge in [-0.25, -0.2) is 4.57 Å². The van der Waals surface area contributed by atoms with Gasteiger partial charge in [0.2, 0.25) is 5.91 Å². The number of allylic oxidation sites excluding steroid dienone is 3. The maximum absolute atomic E-state index is 12.8. The molecule has 1 amide bonds. The summed E-state index contributed by atoms with van der Waals surface area (Å²) < 4.78 is 23.5. The van der Waals surface area contributed by atoms with E-state index in [0.29, 0.717) is 17.4 Å². The van der Waals surface area contributed by atoms with Gasteiger partial charge in [-0.05, 0) is 32.1 Å². The predicted octanol–water partition coefficient (Wildman–Crippen LogP) is 12.5. The lowest BCUT2D eigenvalue weighted by molar-refractivity contribution is -0.870. The lowest BCUT2D eigenvalue weighted by atomic mass is 10.0. The summed E-state index contributed by atoms with van der Waals surface area (Å²) in [5, 5.41) is 13.8. The van der Waals surface area contributed by atoms with Crippen molar-refractivity contribution in [1.29, 1.82) is 0 Å². The van der Waals surface area contributed by atoms with Crippen LogP contribution in [-0.2, 0) is 18.4 Å². The summed E-state index contributed by atoms with van der Waals surface area (Å²) in [6.07, 6.45) is 44.0. The first-order chi connectivity index (χ1) is 26.0. The molecular formula is C45H90N2O6P+. The highest BCUT2D eigenvalue weighted by atomic mass is 31.2. The lowest BCUT2D eigenvalue weighted by Crippen LogP contribution is -2.45. The quantitative estimate of drug-likeness (QED) is 0.0247. The number of aliphatic hydroxyl groups excluding tert-OH is 1. The second-order valence-corrected chi connectivity index (χ2v) is 18.2. The Morgan fingerprint density at radius 1 is 0.611 bits per heavy atom. The van der Waals surface area contributed by atoms with Crippen LogP contribution < -0.4 is 5.32 Å². The molecule has 0 aliphatic carbocycles. The molecule has 0 aromatic rings. The van der Waals surface area contributed by atoms with E-state index < -0.39 is 20.0 Å². The third-order valence-electron chi connectivity index (χ3n) is 10.2. The fourth-order valence-corrected chi connectivity index (χ4v) is 7.26. The highest BCUT2D eigenvalue weighted by Crippen LogP contribution is 2.43. The van der Waals surface area contributed by atoms with Gasteiger partial charge in [-0.3, -0.25) is 13.8 Å². The zero-order valence-electron chi connectivity index (χ0n) is 36.2. The number of carbonyl (C=O) groups is 1. The monoisotopic (exact) mass is 786 g/mol. The van der Waals surface area contributed by atoms with Gasteiger partial charge in [0, 0.05) is 6.42 Å². The molecule has 0 aliphatic rings. The number of aliphatic hydroxyl groups is 1. The zero-order valence-corrected chi connectivity index (χ0v) is 37.1. The van der Waals surface area contributed by atoms with Gasteiger partial charge < -0.3 is 19.8 Å². The maximum Gasteiger partial charge on any atom is 0.472 e. The van der Waals surface area contributed by atoms with Gasteiger partial charge >= 0.3 is 7.82 Å². The van der Waals surface area contributed by atoms with E-state index in [9.17, 15) is 19.4 Å². The summed E-state index contributed by atoms with van der Waals surface area (Å²) in [4.78, 5) is 23.1. The summed E-state index contributed by atoms with van der Waals surface area (Å²) >= 11 is 0. The average Bonchev–Trinajstić information content (AvgIpc) is 3.12. The van der Waals surface area contributed by atoms with Gasteiger partial charge in [0.05, 0.1) is 39.9 Å². The first-order valence-corrected chi connectivity index (χ1v) is 24.2. The smallest absolute Gasteiger partial charge is 0.387 e. The van der Waals surface area contributed by atoms with Crippen LogP contribution in [0, 0.1) is 0 Å². The largest absolute Gasteiger partial charge is 0.472 e. The Morgan fingerprint density at radius 2 is 1.02 bits per heavy atom. The molecule has 0 rings (SSSR count). The first kappa shape index (κ1) is 53.0. The van der Waals surface area contributed by atoms with Crippen molar-refractivity contribution in [2.24, 2.45) is 0 Å². The van der Waals surface area contributed by atoms with Gasteiger partial charge in [-0.1, -0.05) is 192 Å². The van der Waals surface area contributed by atoms with E-state index in [1.165, 1.54) is 148 Å². The van der Waals surface area contributed by atoms with Crippen LogP contribution in [0.4, 0.5) is 0 Å². The summed E-state index contributed by atoms with van der Waals surface area (Å²) in [7, 11) is 1.56. The van der Waals surface area contributed by atoms with Crippen molar-refractivity contribution in [2.75, 3.05) is 40.9 Å². The predicted molar refractivity (Wildman–Crippen MR) is 231 cm³/mol. The third kappa shape index (κ3) is 39.2. The SMILES string of the molecule is CCCCCCC/C=C/CC/C=C/[C@@H](O)[C@H](COP(=O)(O)OCC[N+](C)(C)C)NC(=O)CCCCCCCCCCCCCCCCCCCCCCC. The van der Waals surface area contributed by atoms with E-state index in [1.807, 2.05) is 27.2 Å². The molecule has 54 heavy (non-hydrogen) atoms. The lowest BCUT2D eigenvalue weighted by Gasteiger charge is -2.25. The number of quaternary nitrogens is 1. The minimum Gasteiger partial charge on any atom is -0.387 e. The Bertz CT molecular complexity index is 938. The van der Waals surface area contributed by atoms with Gasteiger partial charge in [0.15, 0.2) is 0 Å². The molecule has 3 N–H and O–H groups in total. The Balaban J connectivity index is 4.28. The van der Waals surface area contributed by atoms with Crippen molar-refractivity contribution in [1.82, 2.24) is 5.32 Å². The molecule has 9 heteroatoms. The number of carbonyl (C=O) groups excluding carboxylic acids is 1. The minimum atomic E-state index is -4.34. The molecule has 0 aliphatic heterocycles. The highest BCUT2D eigenvalue weighted by Gasteiger charge is 2.27. The number of phosphoric ester groups is 1. The summed E-state index contributed by atoms with van der Waals surface area (Å²) in [5.74, 6) is -0.186. The normalized spacial score (nSPS) is 14.6. The number of phosphoric acid groups is 1. The zero-order chi connectivity index (χ0) is 40.0. The minimum absolute atomic E-state index is 0.0580. The molecule has 3 atom stereocenters. The standard InChI is InChI=1S/C45H89N2O6P/c1-6-8-10-12-14-16-18-19-20-21-22-23-24-25-26-27-29-31-33-35-37-39-45(49)46-43(42-53-54(50,51)52-41-40-47(3,4)5)44(48)38-36-34-32-30-28-17-15-13-11-9-7-2/h28,30,36,38,43-44,48H,6-27,29,31-35,37,39-42H2,1-5H3,(H-,46,49,50,51)/p+1/b30-28+,38-36+/t43-,44+/m0/s1. The van der Waals surface area contributed by atoms with Gasteiger partial charge in [-0.15, -0.1) is 0 Å². The fourth-order valence-electron chi connectivity index (χ4n) is 6.53. The molecule has 320 valence electrons. The van der Waals surface area contributed by atoms with Crippen LogP contribution >= 0.6 is 7.82 Å². The summed E-state index contributed by atoms with van der Waals surface area (Å²) in [6.45, 7) is 4.78. The Morgan fingerprint density at radius 3 is 1.48 bits per heavy atom. The van der Waals surface area contributed by atoms with Crippen LogP contribution in [0.5, 0.6) is 0 Å². The molecule has 0 aromatic carbocycles. The van der Waals surface area contributed by atoms with Crippen molar-refractivity contribution >= 4 is 13.7 Å². The van der Waals surface area contributed by atoms with E-state index in [0.717, 1.165) is 38.5 Å². The second-order valence-electron chi connectivity index (χ2n) is 16.8. The highest BCUT2D eigenvalue weighted by molar-refractivity contribution is 7.47. The molecule has 0 aromatic heterocycles. The van der Waals surface area contributed by atoms with E-state index in [1.54, 1.807) is 6.08 Å². The van der Waals surface area contributed by atoms with Gasteiger partial charge in [-0.2, -0.15) is 0 Å². The van der Waals surface area contributed by atoms with Crippen LogP contribution in [0.25, 0.3) is 0 Å². The van der Waals surface area contributed by atoms with E-state index >= 15 is 0 Å². The molecule has 0 radical (unpaired) electrons. The van der Waals surface area contributed by atoms with Crippen LogP contribution in [0.1, 0.15) is 206 Å². The van der Waals surface area contributed by atoms with Crippen LogP contribution in [-0.4, -0.2) is 73.4 Å².